The Morgan fingerprint density at radius 1 is 1.00 bits per heavy atom. The monoisotopic (exact) mass is 411 g/mol. The number of nitrogens with zero attached hydrogens (tertiary/aromatic N) is 1. The molecule has 0 spiro atoms. The number of imide groups is 1. The highest BCUT2D eigenvalue weighted by Gasteiger charge is 2.30. The highest BCUT2D eigenvalue weighted by atomic mass is 16.7. The van der Waals surface area contributed by atoms with E-state index in [4.69, 9.17) is 9.57 Å². The lowest BCUT2D eigenvalue weighted by atomic mass is 10.00. The van der Waals surface area contributed by atoms with Gasteiger partial charge in [-0.15, -0.1) is 0 Å². The minimum absolute atomic E-state index is 0.00806. The maximum atomic E-state index is 11.9. The van der Waals surface area contributed by atoms with Gasteiger partial charge in [-0.3, -0.25) is 33.7 Å². The second-order valence-corrected chi connectivity index (χ2v) is 8.00. The Balaban J connectivity index is 2.26. The molecule has 10 nitrogen and oxygen atoms in total. The van der Waals surface area contributed by atoms with Crippen LogP contribution in [-0.4, -0.2) is 65.2 Å². The fraction of sp³-hybridized carbons (Fsp3) is 0.632. The lowest BCUT2D eigenvalue weighted by molar-refractivity contribution is -0.147. The minimum Gasteiger partial charge on any atom is -0.367 e. The van der Waals surface area contributed by atoms with Crippen LogP contribution in [0.5, 0.6) is 0 Å². The first-order valence-electron chi connectivity index (χ1n) is 9.22. The predicted molar refractivity (Wildman–Crippen MR) is 102 cm³/mol. The number of hydrogen-bond acceptors (Lipinski definition) is 7. The van der Waals surface area contributed by atoms with Crippen LogP contribution >= 0.6 is 0 Å². The van der Waals surface area contributed by atoms with Gasteiger partial charge in [-0.1, -0.05) is 0 Å². The summed E-state index contributed by atoms with van der Waals surface area (Å²) in [7, 11) is 0. The van der Waals surface area contributed by atoms with Crippen molar-refractivity contribution in [3.63, 3.8) is 0 Å². The summed E-state index contributed by atoms with van der Waals surface area (Å²) in [6.45, 7) is 8.35. The third-order valence-electron chi connectivity index (χ3n) is 3.79. The second kappa shape index (κ2) is 10.3. The van der Waals surface area contributed by atoms with Crippen molar-refractivity contribution >= 4 is 29.4 Å². The van der Waals surface area contributed by atoms with E-state index in [0.717, 1.165) is 17.1 Å². The van der Waals surface area contributed by atoms with Crippen LogP contribution in [0.2, 0.25) is 0 Å². The van der Waals surface area contributed by atoms with Crippen LogP contribution in [0.1, 0.15) is 47.5 Å². The van der Waals surface area contributed by atoms with Crippen molar-refractivity contribution in [2.75, 3.05) is 19.7 Å². The van der Waals surface area contributed by atoms with Gasteiger partial charge < -0.3 is 10.1 Å². The van der Waals surface area contributed by atoms with Gasteiger partial charge in [-0.25, -0.2) is 5.48 Å². The van der Waals surface area contributed by atoms with Crippen LogP contribution < -0.4 is 10.8 Å². The van der Waals surface area contributed by atoms with Crippen LogP contribution in [0.15, 0.2) is 12.2 Å². The molecule has 10 heteroatoms. The van der Waals surface area contributed by atoms with E-state index >= 15 is 0 Å². The number of hydroxylamine groups is 1. The zero-order chi connectivity index (χ0) is 22.2. The fourth-order valence-electron chi connectivity index (χ4n) is 2.88. The zero-order valence-corrected chi connectivity index (χ0v) is 17.5. The van der Waals surface area contributed by atoms with Crippen LogP contribution in [0, 0.1) is 0 Å². The van der Waals surface area contributed by atoms with Crippen molar-refractivity contribution < 1.29 is 33.5 Å². The smallest absolute Gasteiger partial charge is 0.253 e. The SMILES string of the molecule is CC(=O)CC(C)(C)OC(C)(C)CNC(=O)CONC(=O)CCN1C(=O)C=CC1=O. The second-order valence-electron chi connectivity index (χ2n) is 8.00. The number of carbonyl (C=O) groups excluding carboxylic acids is 5. The van der Waals surface area contributed by atoms with Crippen molar-refractivity contribution in [2.45, 2.75) is 58.7 Å². The number of rotatable bonds is 12. The first-order chi connectivity index (χ1) is 13.3. The highest BCUT2D eigenvalue weighted by molar-refractivity contribution is 6.13. The number of Topliss-reactive ketones (excluding diaryl/α,β-unsaturated/α-hetero) is 1. The molecule has 0 fully saturated rings. The Morgan fingerprint density at radius 3 is 2.14 bits per heavy atom. The summed E-state index contributed by atoms with van der Waals surface area (Å²) in [4.78, 5) is 63.3. The molecule has 0 aromatic carbocycles. The third kappa shape index (κ3) is 9.44. The Hall–Kier alpha value is -2.59. The molecule has 0 unspecified atom stereocenters. The van der Waals surface area contributed by atoms with Gasteiger partial charge >= 0.3 is 0 Å². The van der Waals surface area contributed by atoms with Crippen molar-refractivity contribution in [1.82, 2.24) is 15.7 Å². The van der Waals surface area contributed by atoms with E-state index in [2.05, 4.69) is 10.8 Å². The average molecular weight is 411 g/mol. The molecule has 1 heterocycles. The molecule has 4 amide bonds. The Morgan fingerprint density at radius 2 is 1.59 bits per heavy atom. The molecule has 29 heavy (non-hydrogen) atoms. The number of carbonyl (C=O) groups is 5. The molecule has 1 aliphatic heterocycles. The number of ketones is 1. The molecule has 0 bridgehead atoms. The number of hydrogen-bond donors (Lipinski definition) is 2. The molecule has 1 rings (SSSR count). The maximum Gasteiger partial charge on any atom is 0.253 e. The summed E-state index contributed by atoms with van der Waals surface area (Å²) in [6, 6.07) is 0. The quantitative estimate of drug-likeness (QED) is 0.342. The van der Waals surface area contributed by atoms with E-state index in [9.17, 15) is 24.0 Å². The van der Waals surface area contributed by atoms with Crippen LogP contribution in [0.25, 0.3) is 0 Å². The van der Waals surface area contributed by atoms with Gasteiger partial charge in [0.15, 0.2) is 6.61 Å². The Kier molecular flexibility index (Phi) is 8.65. The summed E-state index contributed by atoms with van der Waals surface area (Å²) in [5.41, 5.74) is 0.696. The van der Waals surface area contributed by atoms with Gasteiger partial charge in [0.25, 0.3) is 11.8 Å². The largest absolute Gasteiger partial charge is 0.367 e. The first-order valence-corrected chi connectivity index (χ1v) is 9.22. The number of ether oxygens (including phenoxy) is 1. The van der Waals surface area contributed by atoms with E-state index in [1.807, 2.05) is 0 Å². The van der Waals surface area contributed by atoms with Crippen molar-refractivity contribution in [3.05, 3.63) is 12.2 Å². The molecule has 0 saturated carbocycles. The van der Waals surface area contributed by atoms with Crippen LogP contribution in [0.4, 0.5) is 0 Å². The number of nitrogens with one attached hydrogen (secondary N) is 2. The molecule has 0 aromatic heterocycles. The minimum atomic E-state index is -0.722. The standard InChI is InChI=1S/C19H29N3O7/c1-13(23)10-18(2,3)29-19(4,5)12-20-15(25)11-28-21-14(24)8-9-22-16(26)6-7-17(22)27/h6-7H,8-12H2,1-5H3,(H,20,25)(H,21,24). The lowest BCUT2D eigenvalue weighted by Gasteiger charge is -2.35. The normalized spacial score (nSPS) is 14.3. The van der Waals surface area contributed by atoms with Gasteiger partial charge in [0.2, 0.25) is 11.8 Å². The van der Waals surface area contributed by atoms with E-state index in [1.54, 1.807) is 27.7 Å². The number of amides is 4. The van der Waals surface area contributed by atoms with Gasteiger partial charge in [0.05, 0.1) is 11.2 Å². The Bertz CT molecular complexity index is 680. The van der Waals surface area contributed by atoms with Crippen molar-refractivity contribution in [1.29, 1.82) is 0 Å². The fourth-order valence-corrected chi connectivity index (χ4v) is 2.88. The third-order valence-corrected chi connectivity index (χ3v) is 3.79. The molecule has 0 radical (unpaired) electrons. The molecule has 0 aromatic rings. The summed E-state index contributed by atoms with van der Waals surface area (Å²) < 4.78 is 5.92. The van der Waals surface area contributed by atoms with Crippen molar-refractivity contribution in [3.8, 4) is 0 Å². The summed E-state index contributed by atoms with van der Waals surface area (Å²) in [6.07, 6.45) is 2.37. The van der Waals surface area contributed by atoms with Gasteiger partial charge in [0.1, 0.15) is 5.78 Å². The highest BCUT2D eigenvalue weighted by Crippen LogP contribution is 2.23. The van der Waals surface area contributed by atoms with E-state index in [-0.39, 0.29) is 31.7 Å². The molecule has 162 valence electrons. The summed E-state index contributed by atoms with van der Waals surface area (Å²) in [5.74, 6) is -1.98. The molecular weight excluding hydrogens is 382 g/mol. The van der Waals surface area contributed by atoms with Gasteiger partial charge in [0, 0.05) is 38.1 Å². The molecular formula is C19H29N3O7. The first kappa shape index (κ1) is 24.4. The Labute approximate surface area is 169 Å². The van der Waals surface area contributed by atoms with E-state index < -0.39 is 41.4 Å². The summed E-state index contributed by atoms with van der Waals surface area (Å²) >= 11 is 0. The molecule has 1 aliphatic rings. The predicted octanol–water partition coefficient (Wildman–Crippen LogP) is 0.0184. The van der Waals surface area contributed by atoms with Gasteiger partial charge in [-0.2, -0.15) is 0 Å². The molecule has 0 saturated heterocycles. The van der Waals surface area contributed by atoms with Crippen LogP contribution in [-0.2, 0) is 33.5 Å². The topological polar surface area (TPSA) is 131 Å². The van der Waals surface area contributed by atoms with Crippen LogP contribution in [0.3, 0.4) is 0 Å². The molecule has 0 aliphatic carbocycles. The van der Waals surface area contributed by atoms with Crippen molar-refractivity contribution in [2.24, 2.45) is 0 Å². The summed E-state index contributed by atoms with van der Waals surface area (Å²) in [5, 5.41) is 2.63. The maximum absolute atomic E-state index is 11.9. The average Bonchev–Trinajstić information content (AvgIpc) is 2.87. The van der Waals surface area contributed by atoms with Gasteiger partial charge in [-0.05, 0) is 34.6 Å². The lowest BCUT2D eigenvalue weighted by Crippen LogP contribution is -2.47. The molecule has 2 N–H and O–H groups in total. The van der Waals surface area contributed by atoms with E-state index in [0.29, 0.717) is 0 Å². The zero-order valence-electron chi connectivity index (χ0n) is 17.5. The molecule has 0 atom stereocenters. The van der Waals surface area contributed by atoms with E-state index in [1.165, 1.54) is 6.92 Å².